The molecule has 0 saturated heterocycles. The highest BCUT2D eigenvalue weighted by atomic mass is 16.7. The molecule has 1 amide bonds. The van der Waals surface area contributed by atoms with Crippen LogP contribution >= 0.6 is 0 Å². The Morgan fingerprint density at radius 2 is 2.03 bits per heavy atom. The van der Waals surface area contributed by atoms with Crippen LogP contribution < -0.4 is 14.8 Å². The molecule has 4 heterocycles. The molecule has 32 heavy (non-hydrogen) atoms. The third kappa shape index (κ3) is 3.87. The van der Waals surface area contributed by atoms with Gasteiger partial charge >= 0.3 is 0 Å². The third-order valence-electron chi connectivity index (χ3n) is 5.18. The Morgan fingerprint density at radius 1 is 1.12 bits per heavy atom. The lowest BCUT2D eigenvalue weighted by atomic mass is 10.1. The lowest BCUT2D eigenvalue weighted by Gasteiger charge is -2.07. The van der Waals surface area contributed by atoms with Gasteiger partial charge in [0.15, 0.2) is 11.5 Å². The Morgan fingerprint density at radius 3 is 2.91 bits per heavy atom. The zero-order valence-electron chi connectivity index (χ0n) is 17.4. The maximum atomic E-state index is 12.7. The van der Waals surface area contributed by atoms with Gasteiger partial charge in [-0.1, -0.05) is 6.07 Å². The Balaban J connectivity index is 1.33. The second kappa shape index (κ2) is 8.46. The van der Waals surface area contributed by atoms with Crippen LogP contribution in [0.4, 0.5) is 0 Å². The molecule has 160 valence electrons. The van der Waals surface area contributed by atoms with E-state index in [0.29, 0.717) is 47.4 Å². The quantitative estimate of drug-likeness (QED) is 0.504. The molecule has 3 aromatic heterocycles. The van der Waals surface area contributed by atoms with E-state index in [4.69, 9.17) is 9.47 Å². The minimum absolute atomic E-state index is 0.190. The Labute approximate surface area is 184 Å². The van der Waals surface area contributed by atoms with Gasteiger partial charge in [-0.3, -0.25) is 9.78 Å². The van der Waals surface area contributed by atoms with Crippen molar-refractivity contribution in [2.24, 2.45) is 0 Å². The van der Waals surface area contributed by atoms with Crippen LogP contribution in [0, 0.1) is 6.92 Å². The van der Waals surface area contributed by atoms with Gasteiger partial charge in [-0.15, -0.1) is 0 Å². The number of carbonyl (C=O) groups is 1. The van der Waals surface area contributed by atoms with Crippen molar-refractivity contribution in [3.05, 3.63) is 78.0 Å². The number of ether oxygens (including phenoxy) is 2. The van der Waals surface area contributed by atoms with E-state index in [1.807, 2.05) is 43.3 Å². The van der Waals surface area contributed by atoms with Crippen molar-refractivity contribution in [2.45, 2.75) is 13.3 Å². The molecule has 0 radical (unpaired) electrons. The van der Waals surface area contributed by atoms with Gasteiger partial charge < -0.3 is 14.8 Å². The van der Waals surface area contributed by atoms with Gasteiger partial charge in [-0.25, -0.2) is 14.6 Å². The number of pyridine rings is 1. The van der Waals surface area contributed by atoms with Crippen molar-refractivity contribution in [3.8, 4) is 28.7 Å². The maximum Gasteiger partial charge on any atom is 0.254 e. The van der Waals surface area contributed by atoms with Crippen LogP contribution in [0.2, 0.25) is 0 Å². The van der Waals surface area contributed by atoms with E-state index in [1.54, 1.807) is 23.3 Å². The van der Waals surface area contributed by atoms with Gasteiger partial charge in [-0.2, -0.15) is 5.10 Å². The zero-order chi connectivity index (χ0) is 21.9. The highest BCUT2D eigenvalue weighted by Gasteiger charge is 2.18. The molecule has 1 aliphatic heterocycles. The predicted octanol–water partition coefficient (Wildman–Crippen LogP) is 2.73. The number of fused-ring (bicyclic) bond motifs is 1. The third-order valence-corrected chi connectivity index (χ3v) is 5.18. The van der Waals surface area contributed by atoms with E-state index in [-0.39, 0.29) is 12.7 Å². The number of aromatic nitrogens is 5. The molecule has 5 rings (SSSR count). The minimum Gasteiger partial charge on any atom is -0.454 e. The number of benzene rings is 1. The van der Waals surface area contributed by atoms with Crippen LogP contribution in [-0.2, 0) is 6.42 Å². The zero-order valence-corrected chi connectivity index (χ0v) is 17.4. The summed E-state index contributed by atoms with van der Waals surface area (Å²) in [5.74, 6) is 1.59. The summed E-state index contributed by atoms with van der Waals surface area (Å²) in [5.41, 5.74) is 3.79. The molecular formula is C23H20N6O3. The second-order valence-corrected chi connectivity index (χ2v) is 7.23. The molecule has 1 N–H and O–H groups in total. The summed E-state index contributed by atoms with van der Waals surface area (Å²) in [4.78, 5) is 25.7. The van der Waals surface area contributed by atoms with E-state index in [2.05, 4.69) is 25.4 Å². The van der Waals surface area contributed by atoms with Crippen LogP contribution in [-0.4, -0.2) is 44.0 Å². The second-order valence-electron chi connectivity index (χ2n) is 7.23. The van der Waals surface area contributed by atoms with Crippen LogP contribution in [0.15, 0.2) is 61.2 Å². The molecule has 0 fully saturated rings. The van der Waals surface area contributed by atoms with E-state index >= 15 is 0 Å². The minimum atomic E-state index is -0.190. The van der Waals surface area contributed by atoms with Gasteiger partial charge in [-0.05, 0) is 49.2 Å². The fourth-order valence-electron chi connectivity index (χ4n) is 3.46. The van der Waals surface area contributed by atoms with Gasteiger partial charge in [0.1, 0.15) is 0 Å². The lowest BCUT2D eigenvalue weighted by Crippen LogP contribution is -2.26. The standard InChI is InChI=1S/C23H20N6O3/c1-15-18(22(30)25-9-6-16-3-2-8-24-12-16)13-27-29(15)23-26-10-7-19(28-23)17-4-5-20-21(11-17)32-14-31-20/h2-5,7-8,10-13H,6,9,14H2,1H3,(H,25,30). The molecule has 9 nitrogen and oxygen atoms in total. The topological polar surface area (TPSA) is 104 Å². The fourth-order valence-corrected chi connectivity index (χ4v) is 3.46. The molecule has 4 aromatic rings. The van der Waals surface area contributed by atoms with Crippen LogP contribution in [0.3, 0.4) is 0 Å². The summed E-state index contributed by atoms with van der Waals surface area (Å²) < 4.78 is 12.4. The van der Waals surface area contributed by atoms with Crippen molar-refractivity contribution in [3.63, 3.8) is 0 Å². The van der Waals surface area contributed by atoms with Crippen LogP contribution in [0.5, 0.6) is 11.5 Å². The van der Waals surface area contributed by atoms with Crippen molar-refractivity contribution in [1.29, 1.82) is 0 Å². The van der Waals surface area contributed by atoms with E-state index in [0.717, 1.165) is 11.1 Å². The first-order valence-electron chi connectivity index (χ1n) is 10.1. The fraction of sp³-hybridized carbons (Fsp3) is 0.174. The molecular weight excluding hydrogens is 408 g/mol. The van der Waals surface area contributed by atoms with Gasteiger partial charge in [0, 0.05) is 30.7 Å². The molecule has 0 atom stereocenters. The number of rotatable bonds is 6. The molecule has 9 heteroatoms. The summed E-state index contributed by atoms with van der Waals surface area (Å²) in [6.07, 6.45) is 7.42. The number of hydrogen-bond acceptors (Lipinski definition) is 7. The van der Waals surface area contributed by atoms with Crippen molar-refractivity contribution in [1.82, 2.24) is 30.0 Å². The first-order valence-corrected chi connectivity index (χ1v) is 10.1. The number of nitrogens with zero attached hydrogens (tertiary/aromatic N) is 5. The van der Waals surface area contributed by atoms with Crippen LogP contribution in [0.1, 0.15) is 21.6 Å². The average molecular weight is 428 g/mol. The molecule has 0 saturated carbocycles. The normalized spacial score (nSPS) is 12.0. The number of carbonyl (C=O) groups excluding carboxylic acids is 1. The largest absolute Gasteiger partial charge is 0.454 e. The first kappa shape index (κ1) is 19.7. The van der Waals surface area contributed by atoms with Gasteiger partial charge in [0.25, 0.3) is 11.9 Å². The average Bonchev–Trinajstić information content (AvgIpc) is 3.45. The molecule has 0 bridgehead atoms. The molecule has 1 aromatic carbocycles. The highest BCUT2D eigenvalue weighted by molar-refractivity contribution is 5.95. The van der Waals surface area contributed by atoms with Crippen LogP contribution in [0.25, 0.3) is 17.2 Å². The summed E-state index contributed by atoms with van der Waals surface area (Å²) in [6.45, 7) is 2.54. The molecule has 0 spiro atoms. The summed E-state index contributed by atoms with van der Waals surface area (Å²) in [5, 5.41) is 7.27. The monoisotopic (exact) mass is 428 g/mol. The smallest absolute Gasteiger partial charge is 0.254 e. The Kier molecular flexibility index (Phi) is 5.20. The van der Waals surface area contributed by atoms with E-state index < -0.39 is 0 Å². The molecule has 1 aliphatic rings. The van der Waals surface area contributed by atoms with E-state index in [1.165, 1.54) is 6.20 Å². The molecule has 0 unspecified atom stereocenters. The Bertz CT molecular complexity index is 1270. The number of nitrogens with one attached hydrogen (secondary N) is 1. The number of hydrogen-bond donors (Lipinski definition) is 1. The lowest BCUT2D eigenvalue weighted by molar-refractivity contribution is 0.0953. The van der Waals surface area contributed by atoms with Crippen molar-refractivity contribution < 1.29 is 14.3 Å². The SMILES string of the molecule is Cc1c(C(=O)NCCc2cccnc2)cnn1-c1nccc(-c2ccc3c(c2)OCO3)n1. The van der Waals surface area contributed by atoms with Crippen molar-refractivity contribution in [2.75, 3.05) is 13.3 Å². The highest BCUT2D eigenvalue weighted by Crippen LogP contribution is 2.35. The van der Waals surface area contributed by atoms with Crippen molar-refractivity contribution >= 4 is 5.91 Å². The predicted molar refractivity (Wildman–Crippen MR) is 116 cm³/mol. The Hall–Kier alpha value is -4.27. The van der Waals surface area contributed by atoms with Gasteiger partial charge in [0.2, 0.25) is 6.79 Å². The molecule has 0 aliphatic carbocycles. The summed E-state index contributed by atoms with van der Waals surface area (Å²) in [6, 6.07) is 11.3. The first-order chi connectivity index (χ1) is 15.7. The number of amides is 1. The maximum absolute atomic E-state index is 12.7. The van der Waals surface area contributed by atoms with Gasteiger partial charge in [0.05, 0.1) is 23.1 Å². The van der Waals surface area contributed by atoms with E-state index in [9.17, 15) is 4.79 Å². The summed E-state index contributed by atoms with van der Waals surface area (Å²) >= 11 is 0. The summed E-state index contributed by atoms with van der Waals surface area (Å²) in [7, 11) is 0.